The van der Waals surface area contributed by atoms with Gasteiger partial charge in [0.05, 0.1) is 17.1 Å². The molecule has 0 spiro atoms. The average Bonchev–Trinajstić information content (AvgIpc) is 2.39. The predicted octanol–water partition coefficient (Wildman–Crippen LogP) is 2.49. The molecule has 1 N–H and O–H groups in total. The highest BCUT2D eigenvalue weighted by Gasteiger charge is 2.09. The molecule has 3 nitrogen and oxygen atoms in total. The lowest BCUT2D eigenvalue weighted by Gasteiger charge is -2.11. The fraction of sp³-hybridized carbons (Fsp3) is 0.727. The molecule has 1 atom stereocenters. The van der Waals surface area contributed by atoms with Crippen LogP contribution in [0.1, 0.15) is 31.7 Å². The molecule has 80 valence electrons. The van der Waals surface area contributed by atoms with Gasteiger partial charge in [0.25, 0.3) is 0 Å². The van der Waals surface area contributed by atoms with E-state index in [2.05, 4.69) is 31.2 Å². The Bertz CT molecular complexity index is 302. The summed E-state index contributed by atoms with van der Waals surface area (Å²) in [6.45, 7) is 9.65. The molecule has 0 saturated heterocycles. The van der Waals surface area contributed by atoms with Crippen molar-refractivity contribution >= 4 is 5.69 Å². The number of rotatable bonds is 4. The molecule has 0 aromatic carbocycles. The highest BCUT2D eigenvalue weighted by Crippen LogP contribution is 2.18. The van der Waals surface area contributed by atoms with Crippen LogP contribution in [0.2, 0.25) is 0 Å². The summed E-state index contributed by atoms with van der Waals surface area (Å²) >= 11 is 0. The Morgan fingerprint density at radius 3 is 2.50 bits per heavy atom. The van der Waals surface area contributed by atoms with Gasteiger partial charge in [-0.15, -0.1) is 0 Å². The van der Waals surface area contributed by atoms with Crippen molar-refractivity contribution in [2.24, 2.45) is 13.0 Å². The van der Waals surface area contributed by atoms with Gasteiger partial charge in [-0.1, -0.05) is 20.3 Å². The van der Waals surface area contributed by atoms with E-state index in [4.69, 9.17) is 0 Å². The largest absolute Gasteiger partial charge is 0.382 e. The van der Waals surface area contributed by atoms with E-state index in [1.807, 2.05) is 18.7 Å². The zero-order valence-electron chi connectivity index (χ0n) is 9.89. The Labute approximate surface area is 86.5 Å². The average molecular weight is 195 g/mol. The molecular weight excluding hydrogens is 174 g/mol. The Morgan fingerprint density at radius 1 is 1.43 bits per heavy atom. The number of hydrogen-bond donors (Lipinski definition) is 1. The van der Waals surface area contributed by atoms with Gasteiger partial charge in [0, 0.05) is 13.6 Å². The van der Waals surface area contributed by atoms with E-state index in [0.717, 1.165) is 12.2 Å². The molecule has 0 amide bonds. The number of hydrogen-bond acceptors (Lipinski definition) is 2. The van der Waals surface area contributed by atoms with E-state index in [-0.39, 0.29) is 0 Å². The van der Waals surface area contributed by atoms with Gasteiger partial charge in [-0.25, -0.2) is 0 Å². The fourth-order valence-corrected chi connectivity index (χ4v) is 1.45. The van der Waals surface area contributed by atoms with E-state index >= 15 is 0 Å². The van der Waals surface area contributed by atoms with E-state index in [1.54, 1.807) is 0 Å². The van der Waals surface area contributed by atoms with Crippen molar-refractivity contribution < 1.29 is 0 Å². The Balaban J connectivity index is 2.67. The van der Waals surface area contributed by atoms with Crippen molar-refractivity contribution in [2.75, 3.05) is 11.9 Å². The third kappa shape index (κ3) is 2.28. The summed E-state index contributed by atoms with van der Waals surface area (Å²) < 4.78 is 1.92. The summed E-state index contributed by atoms with van der Waals surface area (Å²) in [4.78, 5) is 0. The molecule has 0 aliphatic rings. The molecule has 3 heteroatoms. The van der Waals surface area contributed by atoms with Crippen molar-refractivity contribution in [3.05, 3.63) is 11.4 Å². The second-order valence-corrected chi connectivity index (χ2v) is 4.06. The highest BCUT2D eigenvalue weighted by molar-refractivity contribution is 5.51. The molecule has 0 fully saturated rings. The molecule has 1 aromatic heterocycles. The lowest BCUT2D eigenvalue weighted by Crippen LogP contribution is -2.11. The molecule has 0 aliphatic carbocycles. The van der Waals surface area contributed by atoms with Crippen LogP contribution >= 0.6 is 0 Å². The minimum Gasteiger partial charge on any atom is -0.382 e. The Morgan fingerprint density at radius 2 is 2.07 bits per heavy atom. The summed E-state index contributed by atoms with van der Waals surface area (Å²) in [5, 5.41) is 7.84. The predicted molar refractivity (Wildman–Crippen MR) is 60.6 cm³/mol. The van der Waals surface area contributed by atoms with Crippen LogP contribution in [0.15, 0.2) is 0 Å². The lowest BCUT2D eigenvalue weighted by molar-refractivity contribution is 0.593. The summed E-state index contributed by atoms with van der Waals surface area (Å²) in [5.74, 6) is 0.717. The zero-order chi connectivity index (χ0) is 10.7. The molecule has 14 heavy (non-hydrogen) atoms. The smallest absolute Gasteiger partial charge is 0.0827 e. The first-order chi connectivity index (χ1) is 6.56. The highest BCUT2D eigenvalue weighted by atomic mass is 15.3. The van der Waals surface area contributed by atoms with E-state index < -0.39 is 0 Å². The van der Waals surface area contributed by atoms with Crippen LogP contribution in [0, 0.1) is 19.8 Å². The van der Waals surface area contributed by atoms with E-state index in [0.29, 0.717) is 5.92 Å². The number of anilines is 1. The second kappa shape index (κ2) is 4.49. The molecule has 0 radical (unpaired) electrons. The third-order valence-corrected chi connectivity index (χ3v) is 2.83. The van der Waals surface area contributed by atoms with E-state index in [1.165, 1.54) is 17.8 Å². The first-order valence-electron chi connectivity index (χ1n) is 5.30. The van der Waals surface area contributed by atoms with Crippen molar-refractivity contribution in [1.29, 1.82) is 0 Å². The van der Waals surface area contributed by atoms with Gasteiger partial charge in [-0.3, -0.25) is 4.68 Å². The van der Waals surface area contributed by atoms with Gasteiger partial charge in [0.1, 0.15) is 0 Å². The van der Waals surface area contributed by atoms with Gasteiger partial charge in [0.15, 0.2) is 0 Å². The maximum Gasteiger partial charge on any atom is 0.0827 e. The molecule has 1 aromatic rings. The molecule has 1 rings (SSSR count). The first-order valence-corrected chi connectivity index (χ1v) is 5.30. The standard InChI is InChI=1S/C11H21N3/c1-6-8(2)7-12-11-9(3)13-14(5)10(11)4/h8,12H,6-7H2,1-5H3. The minimum absolute atomic E-state index is 0.717. The van der Waals surface area contributed by atoms with Crippen molar-refractivity contribution in [3.63, 3.8) is 0 Å². The van der Waals surface area contributed by atoms with Crippen molar-refractivity contribution in [3.8, 4) is 0 Å². The molecule has 0 saturated carbocycles. The number of nitrogens with zero attached hydrogens (tertiary/aromatic N) is 2. The topological polar surface area (TPSA) is 29.9 Å². The Kier molecular flexibility index (Phi) is 3.55. The van der Waals surface area contributed by atoms with Gasteiger partial charge in [-0.05, 0) is 19.8 Å². The van der Waals surface area contributed by atoms with Gasteiger partial charge >= 0.3 is 0 Å². The molecular formula is C11H21N3. The van der Waals surface area contributed by atoms with Crippen LogP contribution in [-0.2, 0) is 7.05 Å². The summed E-state index contributed by atoms with van der Waals surface area (Å²) in [5.41, 5.74) is 3.51. The first kappa shape index (κ1) is 11.1. The third-order valence-electron chi connectivity index (χ3n) is 2.83. The van der Waals surface area contributed by atoms with Crippen molar-refractivity contribution in [1.82, 2.24) is 9.78 Å². The minimum atomic E-state index is 0.717. The Hall–Kier alpha value is -0.990. The van der Waals surface area contributed by atoms with Crippen LogP contribution < -0.4 is 5.32 Å². The van der Waals surface area contributed by atoms with Crippen LogP contribution in [0.4, 0.5) is 5.69 Å². The maximum absolute atomic E-state index is 4.37. The molecule has 1 unspecified atom stereocenters. The summed E-state index contributed by atoms with van der Waals surface area (Å²) in [6.07, 6.45) is 1.21. The summed E-state index contributed by atoms with van der Waals surface area (Å²) in [6, 6.07) is 0. The second-order valence-electron chi connectivity index (χ2n) is 4.06. The molecule has 0 bridgehead atoms. The zero-order valence-corrected chi connectivity index (χ0v) is 9.89. The van der Waals surface area contributed by atoms with Crippen molar-refractivity contribution in [2.45, 2.75) is 34.1 Å². The lowest BCUT2D eigenvalue weighted by atomic mass is 10.1. The SMILES string of the molecule is CCC(C)CNc1c(C)nn(C)c1C. The van der Waals surface area contributed by atoms with Crippen LogP contribution in [0.3, 0.4) is 0 Å². The van der Waals surface area contributed by atoms with Gasteiger partial charge in [0.2, 0.25) is 0 Å². The van der Waals surface area contributed by atoms with E-state index in [9.17, 15) is 0 Å². The van der Waals surface area contributed by atoms with Gasteiger partial charge in [-0.2, -0.15) is 5.10 Å². The van der Waals surface area contributed by atoms with Crippen LogP contribution in [-0.4, -0.2) is 16.3 Å². The van der Waals surface area contributed by atoms with Gasteiger partial charge < -0.3 is 5.32 Å². The monoisotopic (exact) mass is 195 g/mol. The summed E-state index contributed by atoms with van der Waals surface area (Å²) in [7, 11) is 1.98. The van der Waals surface area contributed by atoms with Crippen LogP contribution in [0.5, 0.6) is 0 Å². The number of nitrogens with one attached hydrogen (secondary N) is 1. The fourth-order valence-electron chi connectivity index (χ4n) is 1.45. The quantitative estimate of drug-likeness (QED) is 0.800. The van der Waals surface area contributed by atoms with Crippen LogP contribution in [0.25, 0.3) is 0 Å². The normalized spacial score (nSPS) is 12.9. The number of aromatic nitrogens is 2. The maximum atomic E-state index is 4.37. The molecule has 0 aliphatic heterocycles. The number of aryl methyl sites for hydroxylation is 2. The molecule has 1 heterocycles.